The zero-order valence-electron chi connectivity index (χ0n) is 13.1. The van der Waals surface area contributed by atoms with Crippen LogP contribution < -0.4 is 10.5 Å². The molecule has 1 atom stereocenters. The molecule has 1 saturated heterocycles. The van der Waals surface area contributed by atoms with E-state index in [1.807, 2.05) is 19.1 Å². The molecule has 2 rings (SSSR count). The van der Waals surface area contributed by atoms with Gasteiger partial charge in [0.2, 0.25) is 0 Å². The molecule has 1 heterocycles. The van der Waals surface area contributed by atoms with Crippen LogP contribution >= 0.6 is 0 Å². The number of likely N-dealkylation sites (N-methyl/N-ethyl adjacent to an activating group) is 1. The average molecular weight is 293 g/mol. The maximum atomic E-state index is 9.82. The second-order valence-corrected chi connectivity index (χ2v) is 5.38. The first kappa shape index (κ1) is 16.1. The summed E-state index contributed by atoms with van der Waals surface area (Å²) in [5.41, 5.74) is 7.12. The quantitative estimate of drug-likeness (QED) is 0.831. The van der Waals surface area contributed by atoms with Crippen LogP contribution in [0.3, 0.4) is 0 Å². The largest absolute Gasteiger partial charge is 0.504 e. The van der Waals surface area contributed by atoms with E-state index in [2.05, 4.69) is 16.7 Å². The minimum Gasteiger partial charge on any atom is -0.504 e. The van der Waals surface area contributed by atoms with E-state index in [0.717, 1.165) is 38.3 Å². The maximum Gasteiger partial charge on any atom is 0.161 e. The number of rotatable bonds is 6. The summed E-state index contributed by atoms with van der Waals surface area (Å²) in [7, 11) is 0. The summed E-state index contributed by atoms with van der Waals surface area (Å²) in [6, 6.07) is 5.75. The summed E-state index contributed by atoms with van der Waals surface area (Å²) in [6.45, 7) is 10.6. The highest BCUT2D eigenvalue weighted by molar-refractivity contribution is 5.43. The van der Waals surface area contributed by atoms with Crippen molar-refractivity contribution in [2.45, 2.75) is 19.9 Å². The van der Waals surface area contributed by atoms with Gasteiger partial charge in [-0.05, 0) is 31.2 Å². The van der Waals surface area contributed by atoms with Crippen molar-refractivity contribution < 1.29 is 9.84 Å². The zero-order chi connectivity index (χ0) is 15.2. The molecule has 1 aromatic carbocycles. The Bertz CT molecular complexity index is 445. The summed E-state index contributed by atoms with van der Waals surface area (Å²) in [4.78, 5) is 4.88. The third-order valence-corrected chi connectivity index (χ3v) is 4.19. The predicted molar refractivity (Wildman–Crippen MR) is 84.8 cm³/mol. The fraction of sp³-hybridized carbons (Fsp3) is 0.625. The van der Waals surface area contributed by atoms with Crippen molar-refractivity contribution in [1.29, 1.82) is 0 Å². The normalized spacial score (nSPS) is 18.6. The highest BCUT2D eigenvalue weighted by Crippen LogP contribution is 2.31. The summed E-state index contributed by atoms with van der Waals surface area (Å²) < 4.78 is 5.48. The van der Waals surface area contributed by atoms with Crippen molar-refractivity contribution in [3.05, 3.63) is 23.8 Å². The molecule has 118 valence electrons. The highest BCUT2D eigenvalue weighted by Gasteiger charge is 2.24. The summed E-state index contributed by atoms with van der Waals surface area (Å²) >= 11 is 0. The number of phenolic OH excluding ortho intramolecular Hbond substituents is 1. The van der Waals surface area contributed by atoms with E-state index >= 15 is 0 Å². The molecular weight excluding hydrogens is 266 g/mol. The molecule has 21 heavy (non-hydrogen) atoms. The Hall–Kier alpha value is -1.30. The lowest BCUT2D eigenvalue weighted by Crippen LogP contribution is -2.48. The Kier molecular flexibility index (Phi) is 5.85. The minimum absolute atomic E-state index is 0.184. The molecule has 1 aliphatic heterocycles. The van der Waals surface area contributed by atoms with Gasteiger partial charge < -0.3 is 20.5 Å². The Labute approximate surface area is 127 Å². The lowest BCUT2D eigenvalue weighted by Gasteiger charge is -2.38. The Balaban J connectivity index is 2.12. The third kappa shape index (κ3) is 3.87. The van der Waals surface area contributed by atoms with Crippen LogP contribution in [-0.4, -0.2) is 60.8 Å². The topological polar surface area (TPSA) is 62.0 Å². The SMILES string of the molecule is CCOc1cc(C(CN)N2CCN(CC)CC2)ccc1O. The lowest BCUT2D eigenvalue weighted by molar-refractivity contribution is 0.102. The van der Waals surface area contributed by atoms with Crippen molar-refractivity contribution in [1.82, 2.24) is 9.80 Å². The van der Waals surface area contributed by atoms with E-state index in [4.69, 9.17) is 10.5 Å². The lowest BCUT2D eigenvalue weighted by atomic mass is 10.0. The van der Waals surface area contributed by atoms with Gasteiger partial charge in [-0.25, -0.2) is 0 Å². The maximum absolute atomic E-state index is 9.82. The van der Waals surface area contributed by atoms with Gasteiger partial charge in [0.1, 0.15) is 0 Å². The van der Waals surface area contributed by atoms with Gasteiger partial charge in [0, 0.05) is 38.8 Å². The molecule has 1 aromatic rings. The van der Waals surface area contributed by atoms with E-state index in [0.29, 0.717) is 18.9 Å². The van der Waals surface area contributed by atoms with E-state index in [1.165, 1.54) is 0 Å². The monoisotopic (exact) mass is 293 g/mol. The van der Waals surface area contributed by atoms with Gasteiger partial charge in [0.25, 0.3) is 0 Å². The predicted octanol–water partition coefficient (Wildman–Crippen LogP) is 1.43. The van der Waals surface area contributed by atoms with Crippen molar-refractivity contribution in [2.75, 3.05) is 45.9 Å². The standard InChI is InChI=1S/C16H27N3O2/c1-3-18-7-9-19(10-8-18)14(12-17)13-5-6-15(20)16(11-13)21-4-2/h5-6,11,14,20H,3-4,7-10,12,17H2,1-2H3. The first-order valence-electron chi connectivity index (χ1n) is 7.81. The van der Waals surface area contributed by atoms with Gasteiger partial charge in [-0.15, -0.1) is 0 Å². The molecule has 0 bridgehead atoms. The van der Waals surface area contributed by atoms with Crippen LogP contribution in [-0.2, 0) is 0 Å². The number of aromatic hydroxyl groups is 1. The molecule has 1 aliphatic rings. The Morgan fingerprint density at radius 2 is 1.95 bits per heavy atom. The number of piperazine rings is 1. The minimum atomic E-state index is 0.184. The van der Waals surface area contributed by atoms with Crippen molar-refractivity contribution in [3.63, 3.8) is 0 Å². The number of ether oxygens (including phenoxy) is 1. The van der Waals surface area contributed by atoms with Crippen LogP contribution in [0.5, 0.6) is 11.5 Å². The van der Waals surface area contributed by atoms with E-state index in [1.54, 1.807) is 6.07 Å². The van der Waals surface area contributed by atoms with Gasteiger partial charge >= 0.3 is 0 Å². The number of phenols is 1. The van der Waals surface area contributed by atoms with Gasteiger partial charge in [0.15, 0.2) is 11.5 Å². The molecule has 0 spiro atoms. The molecule has 0 amide bonds. The smallest absolute Gasteiger partial charge is 0.161 e. The average Bonchev–Trinajstić information content (AvgIpc) is 2.52. The summed E-state index contributed by atoms with van der Waals surface area (Å²) in [5.74, 6) is 0.729. The molecule has 3 N–H and O–H groups in total. The van der Waals surface area contributed by atoms with Gasteiger partial charge in [0.05, 0.1) is 6.61 Å². The molecule has 0 radical (unpaired) electrons. The van der Waals surface area contributed by atoms with Crippen LogP contribution in [0, 0.1) is 0 Å². The van der Waals surface area contributed by atoms with Crippen molar-refractivity contribution >= 4 is 0 Å². The molecular formula is C16H27N3O2. The third-order valence-electron chi connectivity index (χ3n) is 4.19. The Morgan fingerprint density at radius 3 is 2.52 bits per heavy atom. The van der Waals surface area contributed by atoms with Crippen molar-refractivity contribution in [3.8, 4) is 11.5 Å². The number of hydrogen-bond donors (Lipinski definition) is 2. The number of hydrogen-bond acceptors (Lipinski definition) is 5. The van der Waals surface area contributed by atoms with E-state index in [-0.39, 0.29) is 11.8 Å². The molecule has 1 unspecified atom stereocenters. The van der Waals surface area contributed by atoms with Crippen LogP contribution in [0.15, 0.2) is 18.2 Å². The Morgan fingerprint density at radius 1 is 1.24 bits per heavy atom. The van der Waals surface area contributed by atoms with Crippen LogP contribution in [0.2, 0.25) is 0 Å². The highest BCUT2D eigenvalue weighted by atomic mass is 16.5. The van der Waals surface area contributed by atoms with Gasteiger partial charge in [-0.1, -0.05) is 13.0 Å². The molecule has 5 nitrogen and oxygen atoms in total. The molecule has 1 fully saturated rings. The molecule has 0 saturated carbocycles. The van der Waals surface area contributed by atoms with Gasteiger partial charge in [-0.2, -0.15) is 0 Å². The zero-order valence-corrected chi connectivity index (χ0v) is 13.1. The first-order valence-corrected chi connectivity index (χ1v) is 7.81. The first-order chi connectivity index (χ1) is 10.2. The summed E-state index contributed by atoms with van der Waals surface area (Å²) in [5, 5.41) is 9.82. The van der Waals surface area contributed by atoms with E-state index < -0.39 is 0 Å². The summed E-state index contributed by atoms with van der Waals surface area (Å²) in [6.07, 6.45) is 0. The van der Waals surface area contributed by atoms with Gasteiger partial charge in [-0.3, -0.25) is 4.90 Å². The van der Waals surface area contributed by atoms with Crippen molar-refractivity contribution in [2.24, 2.45) is 5.73 Å². The fourth-order valence-corrected chi connectivity index (χ4v) is 2.90. The number of benzene rings is 1. The van der Waals surface area contributed by atoms with Crippen LogP contribution in [0.4, 0.5) is 0 Å². The second-order valence-electron chi connectivity index (χ2n) is 5.38. The van der Waals surface area contributed by atoms with Crippen LogP contribution in [0.25, 0.3) is 0 Å². The molecule has 5 heteroatoms. The number of nitrogens with two attached hydrogens (primary N) is 1. The fourth-order valence-electron chi connectivity index (χ4n) is 2.90. The molecule has 0 aliphatic carbocycles. The second kappa shape index (κ2) is 7.64. The molecule has 0 aromatic heterocycles. The van der Waals surface area contributed by atoms with Crippen LogP contribution in [0.1, 0.15) is 25.5 Å². The number of nitrogens with zero attached hydrogens (tertiary/aromatic N) is 2. The van der Waals surface area contributed by atoms with E-state index in [9.17, 15) is 5.11 Å².